The fourth-order valence-electron chi connectivity index (χ4n) is 4.05. The second-order valence-corrected chi connectivity index (χ2v) is 8.40. The predicted molar refractivity (Wildman–Crippen MR) is 128 cm³/mol. The zero-order chi connectivity index (χ0) is 24.0. The van der Waals surface area contributed by atoms with Crippen LogP contribution in [0.5, 0.6) is 11.5 Å². The number of carbonyl (C=O) groups is 2. The van der Waals surface area contributed by atoms with Gasteiger partial charge in [-0.2, -0.15) is 0 Å². The van der Waals surface area contributed by atoms with Gasteiger partial charge in [0.25, 0.3) is 11.7 Å². The molecule has 0 spiro atoms. The maximum absolute atomic E-state index is 13.1. The number of hydrogen-bond acceptors (Lipinski definition) is 5. The fourth-order valence-corrected chi connectivity index (χ4v) is 4.05. The monoisotopic (exact) mass is 451 g/mol. The molecule has 0 bridgehead atoms. The van der Waals surface area contributed by atoms with Gasteiger partial charge in [0.1, 0.15) is 17.3 Å². The van der Waals surface area contributed by atoms with Gasteiger partial charge in [0.2, 0.25) is 0 Å². The number of likely N-dealkylation sites (tertiary alicyclic amines) is 1. The predicted octanol–water partition coefficient (Wildman–Crippen LogP) is 5.48. The van der Waals surface area contributed by atoms with Crippen LogP contribution in [0.25, 0.3) is 5.76 Å². The minimum absolute atomic E-state index is 0.0236. The molecule has 1 saturated heterocycles. The third-order valence-corrected chi connectivity index (χ3v) is 5.53. The molecule has 1 aliphatic rings. The molecule has 33 heavy (non-hydrogen) atoms. The van der Waals surface area contributed by atoms with Gasteiger partial charge in [-0.05, 0) is 69.2 Å². The van der Waals surface area contributed by atoms with Gasteiger partial charge in [0.15, 0.2) is 0 Å². The van der Waals surface area contributed by atoms with Crippen LogP contribution in [0.4, 0.5) is 0 Å². The number of aliphatic hydroxyl groups excluding tert-OH is 1. The Labute approximate surface area is 195 Å². The van der Waals surface area contributed by atoms with Crippen molar-refractivity contribution >= 4 is 17.4 Å². The zero-order valence-electron chi connectivity index (χ0n) is 19.8. The van der Waals surface area contributed by atoms with Gasteiger partial charge in [0, 0.05) is 12.1 Å². The van der Waals surface area contributed by atoms with Crippen molar-refractivity contribution in [1.29, 1.82) is 0 Å². The third-order valence-electron chi connectivity index (χ3n) is 5.53. The highest BCUT2D eigenvalue weighted by Crippen LogP contribution is 2.40. The van der Waals surface area contributed by atoms with Crippen LogP contribution < -0.4 is 9.47 Å². The van der Waals surface area contributed by atoms with E-state index in [0.717, 1.165) is 24.8 Å². The summed E-state index contributed by atoms with van der Waals surface area (Å²) in [6, 6.07) is 13.6. The van der Waals surface area contributed by atoms with Crippen molar-refractivity contribution in [2.75, 3.05) is 13.2 Å². The largest absolute Gasteiger partial charge is 0.507 e. The molecular formula is C27H33NO5. The van der Waals surface area contributed by atoms with Crippen LogP contribution in [0.1, 0.15) is 64.1 Å². The Hall–Kier alpha value is -3.28. The van der Waals surface area contributed by atoms with Gasteiger partial charge in [-0.1, -0.05) is 31.9 Å². The van der Waals surface area contributed by atoms with E-state index in [1.807, 2.05) is 45.0 Å². The molecule has 2 aromatic carbocycles. The van der Waals surface area contributed by atoms with Crippen LogP contribution in [0.15, 0.2) is 54.1 Å². The maximum Gasteiger partial charge on any atom is 0.295 e. The van der Waals surface area contributed by atoms with Crippen LogP contribution in [0, 0.1) is 0 Å². The average Bonchev–Trinajstić information content (AvgIpc) is 3.04. The van der Waals surface area contributed by atoms with Crippen LogP contribution in [-0.4, -0.2) is 41.0 Å². The summed E-state index contributed by atoms with van der Waals surface area (Å²) in [6.07, 6.45) is 2.76. The number of benzene rings is 2. The molecule has 0 aliphatic carbocycles. The Kier molecular flexibility index (Phi) is 8.15. The lowest BCUT2D eigenvalue weighted by molar-refractivity contribution is -0.139. The second-order valence-electron chi connectivity index (χ2n) is 8.40. The van der Waals surface area contributed by atoms with E-state index in [-0.39, 0.29) is 17.4 Å². The first-order valence-corrected chi connectivity index (χ1v) is 11.7. The molecule has 1 fully saturated rings. The normalized spacial score (nSPS) is 17.6. The van der Waals surface area contributed by atoms with Crippen molar-refractivity contribution < 1.29 is 24.2 Å². The van der Waals surface area contributed by atoms with E-state index in [1.54, 1.807) is 29.2 Å². The summed E-state index contributed by atoms with van der Waals surface area (Å²) in [7, 11) is 0. The van der Waals surface area contributed by atoms with Crippen LogP contribution in [-0.2, 0) is 9.59 Å². The lowest BCUT2D eigenvalue weighted by atomic mass is 9.95. The minimum atomic E-state index is -0.672. The van der Waals surface area contributed by atoms with Crippen LogP contribution >= 0.6 is 0 Å². The Balaban J connectivity index is 2.07. The molecule has 1 unspecified atom stereocenters. The third kappa shape index (κ3) is 5.56. The Morgan fingerprint density at radius 3 is 2.39 bits per heavy atom. The lowest BCUT2D eigenvalue weighted by Gasteiger charge is -2.25. The Bertz CT molecular complexity index is 1010. The van der Waals surface area contributed by atoms with Gasteiger partial charge in [-0.15, -0.1) is 0 Å². The molecule has 1 aliphatic heterocycles. The molecule has 0 radical (unpaired) electrons. The van der Waals surface area contributed by atoms with Gasteiger partial charge >= 0.3 is 0 Å². The molecule has 1 N–H and O–H groups in total. The van der Waals surface area contributed by atoms with Gasteiger partial charge in [-0.3, -0.25) is 9.59 Å². The summed E-state index contributed by atoms with van der Waals surface area (Å²) in [5.41, 5.74) is 1.30. The molecule has 6 heteroatoms. The number of Topliss-reactive ketones (excluding diaryl/α,β-unsaturated/α-hetero) is 1. The van der Waals surface area contributed by atoms with Crippen molar-refractivity contribution in [3.05, 3.63) is 65.2 Å². The molecule has 0 saturated carbocycles. The first kappa shape index (κ1) is 24.4. The standard InChI is InChI=1S/C27H33NO5/c1-5-7-8-16-28-24(20-10-9-11-22(17-20)32-6-2)23(26(30)27(28)31)25(29)19-12-14-21(15-13-19)33-18(3)4/h9-15,17-18,24,29H,5-8,16H2,1-4H3/b25-23-. The van der Waals surface area contributed by atoms with E-state index in [1.165, 1.54) is 0 Å². The summed E-state index contributed by atoms with van der Waals surface area (Å²) < 4.78 is 11.3. The number of unbranched alkanes of at least 4 members (excludes halogenated alkanes) is 2. The number of carbonyl (C=O) groups excluding carboxylic acids is 2. The quantitative estimate of drug-likeness (QED) is 0.224. The van der Waals surface area contributed by atoms with Crippen molar-refractivity contribution in [1.82, 2.24) is 4.90 Å². The first-order valence-electron chi connectivity index (χ1n) is 11.7. The molecule has 2 aromatic rings. The molecule has 176 valence electrons. The average molecular weight is 452 g/mol. The number of amides is 1. The molecule has 1 amide bonds. The minimum Gasteiger partial charge on any atom is -0.507 e. The highest BCUT2D eigenvalue weighted by atomic mass is 16.5. The number of rotatable bonds is 10. The van der Waals surface area contributed by atoms with Gasteiger partial charge in [0.05, 0.1) is 24.3 Å². The topological polar surface area (TPSA) is 76.1 Å². The van der Waals surface area contributed by atoms with Crippen molar-refractivity contribution in [3.63, 3.8) is 0 Å². The summed E-state index contributed by atoms with van der Waals surface area (Å²) in [6.45, 7) is 8.80. The van der Waals surface area contributed by atoms with E-state index in [2.05, 4.69) is 6.92 Å². The van der Waals surface area contributed by atoms with E-state index >= 15 is 0 Å². The fraction of sp³-hybridized carbons (Fsp3) is 0.407. The first-order chi connectivity index (χ1) is 15.9. The molecular weight excluding hydrogens is 418 g/mol. The van der Waals surface area contributed by atoms with E-state index in [4.69, 9.17) is 9.47 Å². The van der Waals surface area contributed by atoms with Crippen LogP contribution in [0.2, 0.25) is 0 Å². The van der Waals surface area contributed by atoms with Gasteiger partial charge in [-0.25, -0.2) is 0 Å². The van der Waals surface area contributed by atoms with Crippen molar-refractivity contribution in [2.45, 2.75) is 59.1 Å². The Morgan fingerprint density at radius 2 is 1.76 bits per heavy atom. The van der Waals surface area contributed by atoms with E-state index < -0.39 is 17.7 Å². The Morgan fingerprint density at radius 1 is 1.03 bits per heavy atom. The summed E-state index contributed by atoms with van der Waals surface area (Å²) in [5.74, 6) is -0.112. The van der Waals surface area contributed by atoms with E-state index in [0.29, 0.717) is 30.2 Å². The lowest BCUT2D eigenvalue weighted by Crippen LogP contribution is -2.30. The summed E-state index contributed by atoms with van der Waals surface area (Å²) in [4.78, 5) is 27.7. The number of ether oxygens (including phenoxy) is 2. The van der Waals surface area contributed by atoms with Crippen molar-refractivity contribution in [3.8, 4) is 11.5 Å². The van der Waals surface area contributed by atoms with Crippen LogP contribution in [0.3, 0.4) is 0 Å². The number of ketones is 1. The number of hydrogen-bond donors (Lipinski definition) is 1. The zero-order valence-corrected chi connectivity index (χ0v) is 19.8. The smallest absolute Gasteiger partial charge is 0.295 e. The number of nitrogens with zero attached hydrogens (tertiary/aromatic N) is 1. The van der Waals surface area contributed by atoms with Crippen molar-refractivity contribution in [2.24, 2.45) is 0 Å². The summed E-state index contributed by atoms with van der Waals surface area (Å²) >= 11 is 0. The highest BCUT2D eigenvalue weighted by Gasteiger charge is 2.45. The van der Waals surface area contributed by atoms with Gasteiger partial charge < -0.3 is 19.5 Å². The number of aliphatic hydroxyl groups is 1. The SMILES string of the molecule is CCCCCN1C(=O)C(=O)/C(=C(\O)c2ccc(OC(C)C)cc2)C1c1cccc(OCC)c1. The highest BCUT2D eigenvalue weighted by molar-refractivity contribution is 6.46. The molecule has 1 atom stereocenters. The molecule has 3 rings (SSSR count). The van der Waals surface area contributed by atoms with E-state index in [9.17, 15) is 14.7 Å². The second kappa shape index (κ2) is 11.0. The summed E-state index contributed by atoms with van der Waals surface area (Å²) in [5, 5.41) is 11.2. The molecule has 1 heterocycles. The molecule has 6 nitrogen and oxygen atoms in total. The maximum atomic E-state index is 13.1. The molecule has 0 aromatic heterocycles.